The molecule has 0 saturated carbocycles. The molecular weight excluding hydrogens is 258 g/mol. The van der Waals surface area contributed by atoms with E-state index in [1.807, 2.05) is 27.7 Å². The van der Waals surface area contributed by atoms with Crippen molar-refractivity contribution in [2.45, 2.75) is 38.6 Å². The Kier molecular flexibility index (Phi) is 3.47. The monoisotopic (exact) mass is 277 g/mol. The predicted octanol–water partition coefficient (Wildman–Crippen LogP) is 1.55. The Bertz CT molecular complexity index is 601. The third-order valence-electron chi connectivity index (χ3n) is 3.65. The van der Waals surface area contributed by atoms with E-state index in [0.717, 1.165) is 0 Å². The Morgan fingerprint density at radius 2 is 1.90 bits per heavy atom. The quantitative estimate of drug-likeness (QED) is 0.904. The largest absolute Gasteiger partial charge is 0.481 e. The Morgan fingerprint density at radius 3 is 2.50 bits per heavy atom. The molecule has 0 aliphatic carbocycles. The van der Waals surface area contributed by atoms with Crippen molar-refractivity contribution < 1.29 is 9.26 Å². The van der Waals surface area contributed by atoms with Gasteiger partial charge in [-0.25, -0.2) is 9.97 Å². The lowest BCUT2D eigenvalue weighted by atomic mass is 9.75. The average Bonchev–Trinajstić information content (AvgIpc) is 2.87. The first-order valence-corrected chi connectivity index (χ1v) is 6.25. The fourth-order valence-electron chi connectivity index (χ4n) is 1.43. The zero-order valence-electron chi connectivity index (χ0n) is 12.3. The second-order valence-electron chi connectivity index (χ2n) is 5.72. The van der Waals surface area contributed by atoms with Crippen molar-refractivity contribution in [3.63, 3.8) is 0 Å². The number of methoxy groups -OCH3 is 1. The summed E-state index contributed by atoms with van der Waals surface area (Å²) in [5.74, 6) is 1.30. The van der Waals surface area contributed by atoms with Crippen LogP contribution in [0.3, 0.4) is 0 Å². The fraction of sp³-hybridized carbons (Fsp3) is 0.538. The molecule has 0 aliphatic heterocycles. The molecule has 2 aromatic heterocycles. The van der Waals surface area contributed by atoms with Crippen LogP contribution in [0.1, 0.15) is 33.6 Å². The van der Waals surface area contributed by atoms with Crippen molar-refractivity contribution in [3.05, 3.63) is 18.3 Å². The third-order valence-corrected chi connectivity index (χ3v) is 3.65. The average molecular weight is 277 g/mol. The molecular formula is C13H19N5O2. The van der Waals surface area contributed by atoms with E-state index in [-0.39, 0.29) is 0 Å². The van der Waals surface area contributed by atoms with Gasteiger partial charge in [0.1, 0.15) is 12.0 Å². The summed E-state index contributed by atoms with van der Waals surface area (Å²) in [6.07, 6.45) is 1.39. The van der Waals surface area contributed by atoms with Gasteiger partial charge >= 0.3 is 0 Å². The van der Waals surface area contributed by atoms with E-state index < -0.39 is 11.0 Å². The second-order valence-corrected chi connectivity index (χ2v) is 5.72. The first-order chi connectivity index (χ1) is 9.25. The molecule has 0 saturated heterocycles. The molecule has 0 aliphatic rings. The smallest absolute Gasteiger partial charge is 0.234 e. The van der Waals surface area contributed by atoms with E-state index in [1.54, 1.807) is 6.07 Å². The Labute approximate surface area is 117 Å². The lowest BCUT2D eigenvalue weighted by molar-refractivity contribution is 0.223. The molecule has 0 atom stereocenters. The molecule has 0 radical (unpaired) electrons. The van der Waals surface area contributed by atoms with Crippen molar-refractivity contribution >= 4 is 0 Å². The van der Waals surface area contributed by atoms with Gasteiger partial charge in [-0.3, -0.25) is 0 Å². The van der Waals surface area contributed by atoms with Crippen LogP contribution in [0.2, 0.25) is 0 Å². The number of hydrogen-bond donors (Lipinski definition) is 1. The van der Waals surface area contributed by atoms with Crippen molar-refractivity contribution in [2.24, 2.45) is 5.73 Å². The molecule has 2 aromatic rings. The predicted molar refractivity (Wildman–Crippen MR) is 73.2 cm³/mol. The van der Waals surface area contributed by atoms with Crippen molar-refractivity contribution in [1.29, 1.82) is 0 Å². The highest BCUT2D eigenvalue weighted by atomic mass is 16.5. The van der Waals surface area contributed by atoms with Crippen LogP contribution in [-0.4, -0.2) is 32.8 Å². The van der Waals surface area contributed by atoms with Crippen LogP contribution in [0.15, 0.2) is 16.9 Å². The molecule has 2 heterocycles. The van der Waals surface area contributed by atoms with Crippen LogP contribution < -0.4 is 10.5 Å². The number of aromatic nitrogens is 4. The molecule has 20 heavy (non-hydrogen) atoms. The SMILES string of the molecule is COc1cc(-c2noc(C(C)(C)C(C)(C)N)n2)ncn1. The normalized spacial score (nSPS) is 12.5. The van der Waals surface area contributed by atoms with Gasteiger partial charge in [0.2, 0.25) is 17.6 Å². The first-order valence-electron chi connectivity index (χ1n) is 6.25. The first kappa shape index (κ1) is 14.4. The maximum atomic E-state index is 6.17. The Morgan fingerprint density at radius 1 is 1.20 bits per heavy atom. The van der Waals surface area contributed by atoms with Gasteiger partial charge in [0.15, 0.2) is 0 Å². The van der Waals surface area contributed by atoms with Gasteiger partial charge in [0, 0.05) is 11.6 Å². The second kappa shape index (κ2) is 4.82. The van der Waals surface area contributed by atoms with Gasteiger partial charge in [-0.05, 0) is 27.7 Å². The molecule has 0 unspecified atom stereocenters. The number of nitrogens with zero attached hydrogens (tertiary/aromatic N) is 4. The number of rotatable bonds is 4. The summed E-state index contributed by atoms with van der Waals surface area (Å²) < 4.78 is 10.4. The fourth-order valence-corrected chi connectivity index (χ4v) is 1.43. The van der Waals surface area contributed by atoms with E-state index >= 15 is 0 Å². The highest BCUT2D eigenvalue weighted by molar-refractivity contribution is 5.49. The van der Waals surface area contributed by atoms with E-state index in [9.17, 15) is 0 Å². The molecule has 0 spiro atoms. The summed E-state index contributed by atoms with van der Waals surface area (Å²) in [5.41, 5.74) is 5.74. The van der Waals surface area contributed by atoms with Gasteiger partial charge in [-0.15, -0.1) is 0 Å². The van der Waals surface area contributed by atoms with Crippen LogP contribution in [0.25, 0.3) is 11.5 Å². The van der Waals surface area contributed by atoms with Gasteiger partial charge in [0.05, 0.1) is 12.5 Å². The summed E-state index contributed by atoms with van der Waals surface area (Å²) in [6.45, 7) is 7.77. The maximum absolute atomic E-state index is 6.17. The van der Waals surface area contributed by atoms with E-state index in [0.29, 0.717) is 23.3 Å². The number of ether oxygens (including phenoxy) is 1. The lowest BCUT2D eigenvalue weighted by Gasteiger charge is -2.34. The summed E-state index contributed by atoms with van der Waals surface area (Å²) in [5, 5.41) is 3.95. The van der Waals surface area contributed by atoms with Crippen LogP contribution in [0.5, 0.6) is 5.88 Å². The molecule has 2 N–H and O–H groups in total. The minimum absolute atomic E-state index is 0.387. The van der Waals surface area contributed by atoms with Crippen molar-refractivity contribution in [1.82, 2.24) is 20.1 Å². The van der Waals surface area contributed by atoms with E-state index in [4.69, 9.17) is 15.0 Å². The molecule has 0 aromatic carbocycles. The Balaban J connectivity index is 2.38. The third kappa shape index (κ3) is 2.49. The minimum atomic E-state index is -0.500. The molecule has 0 bridgehead atoms. The highest BCUT2D eigenvalue weighted by Crippen LogP contribution is 2.32. The standard InChI is InChI=1S/C13H19N5O2/c1-12(2,13(3,4)14)11-17-10(18-20-11)8-6-9(19-5)16-7-15-8/h6-7H,14H2,1-5H3. The summed E-state index contributed by atoms with van der Waals surface area (Å²) >= 11 is 0. The summed E-state index contributed by atoms with van der Waals surface area (Å²) in [7, 11) is 1.54. The van der Waals surface area contributed by atoms with E-state index in [2.05, 4.69) is 20.1 Å². The maximum Gasteiger partial charge on any atom is 0.234 e. The molecule has 108 valence electrons. The van der Waals surface area contributed by atoms with Gasteiger partial charge < -0.3 is 15.0 Å². The summed E-state index contributed by atoms with van der Waals surface area (Å²) in [6, 6.07) is 1.65. The van der Waals surface area contributed by atoms with Crippen molar-refractivity contribution in [2.75, 3.05) is 7.11 Å². The van der Waals surface area contributed by atoms with Crippen LogP contribution >= 0.6 is 0 Å². The number of nitrogens with two attached hydrogens (primary N) is 1. The summed E-state index contributed by atoms with van der Waals surface area (Å²) in [4.78, 5) is 12.4. The van der Waals surface area contributed by atoms with Crippen LogP contribution in [0.4, 0.5) is 0 Å². The lowest BCUT2D eigenvalue weighted by Crippen LogP contribution is -2.50. The highest BCUT2D eigenvalue weighted by Gasteiger charge is 2.40. The minimum Gasteiger partial charge on any atom is -0.481 e. The van der Waals surface area contributed by atoms with Crippen molar-refractivity contribution in [3.8, 4) is 17.4 Å². The zero-order valence-corrected chi connectivity index (χ0v) is 12.3. The van der Waals surface area contributed by atoms with Gasteiger partial charge in [-0.1, -0.05) is 5.16 Å². The van der Waals surface area contributed by atoms with Gasteiger partial charge in [-0.2, -0.15) is 4.98 Å². The van der Waals surface area contributed by atoms with Crippen LogP contribution in [0, 0.1) is 0 Å². The molecule has 7 nitrogen and oxygen atoms in total. The molecule has 0 fully saturated rings. The molecule has 2 rings (SSSR count). The molecule has 0 amide bonds. The Hall–Kier alpha value is -2.02. The van der Waals surface area contributed by atoms with E-state index in [1.165, 1.54) is 13.4 Å². The van der Waals surface area contributed by atoms with Crippen LogP contribution in [-0.2, 0) is 5.41 Å². The van der Waals surface area contributed by atoms with Gasteiger partial charge in [0.25, 0.3) is 0 Å². The zero-order chi connectivity index (χ0) is 15.0. The number of hydrogen-bond acceptors (Lipinski definition) is 7. The molecule has 7 heteroatoms. The topological polar surface area (TPSA) is 100.0 Å².